The molecule has 0 unspecified atom stereocenters. The number of nitrogens with zero attached hydrogens (tertiary/aromatic N) is 2. The monoisotopic (exact) mass is 494 g/mol. The molecule has 0 bridgehead atoms. The molecule has 0 aliphatic carbocycles. The summed E-state index contributed by atoms with van der Waals surface area (Å²) in [5, 5.41) is 1.76. The maximum Gasteiger partial charge on any atom is 0.253 e. The van der Waals surface area contributed by atoms with Crippen LogP contribution in [0.2, 0.25) is 0 Å². The summed E-state index contributed by atoms with van der Waals surface area (Å²) in [6, 6.07) is 13.8. The lowest BCUT2D eigenvalue weighted by Crippen LogP contribution is -2.46. The molecule has 1 aliphatic rings. The zero-order chi connectivity index (χ0) is 22.8. The molecule has 10 heteroatoms. The van der Waals surface area contributed by atoms with Crippen molar-refractivity contribution in [1.29, 1.82) is 0 Å². The van der Waals surface area contributed by atoms with Gasteiger partial charge in [0, 0.05) is 31.9 Å². The number of sulfone groups is 1. The molecule has 1 aromatic carbocycles. The summed E-state index contributed by atoms with van der Waals surface area (Å²) in [6.07, 6.45) is 4.09. The number of piperidine rings is 1. The minimum atomic E-state index is -3.64. The molecule has 4 rings (SSSR count). The minimum Gasteiger partial charge on any atom is -0.468 e. The Hall–Kier alpha value is -1.98. The Balaban J connectivity index is 1.50. The molecule has 0 spiro atoms. The third kappa shape index (κ3) is 5.15. The van der Waals surface area contributed by atoms with Gasteiger partial charge in [-0.25, -0.2) is 16.8 Å². The molecule has 0 amide bonds. The number of benzene rings is 1. The van der Waals surface area contributed by atoms with E-state index in [0.29, 0.717) is 47.3 Å². The quantitative estimate of drug-likeness (QED) is 0.476. The van der Waals surface area contributed by atoms with Crippen molar-refractivity contribution in [2.75, 3.05) is 19.3 Å². The summed E-state index contributed by atoms with van der Waals surface area (Å²) in [5.41, 5.74) is 0.770. The zero-order valence-corrected chi connectivity index (χ0v) is 20.2. The molecule has 2 aromatic heterocycles. The van der Waals surface area contributed by atoms with Crippen molar-refractivity contribution in [2.45, 2.75) is 41.1 Å². The van der Waals surface area contributed by atoms with Gasteiger partial charge in [-0.05, 0) is 48.1 Å². The summed E-state index contributed by atoms with van der Waals surface area (Å²) < 4.78 is 58.3. The van der Waals surface area contributed by atoms with Crippen molar-refractivity contribution >= 4 is 31.2 Å². The third-order valence-corrected chi connectivity index (χ3v) is 10.1. The molecule has 0 radical (unpaired) electrons. The van der Waals surface area contributed by atoms with Gasteiger partial charge in [-0.3, -0.25) is 4.90 Å². The van der Waals surface area contributed by atoms with Crippen molar-refractivity contribution in [2.24, 2.45) is 0 Å². The van der Waals surface area contributed by atoms with Crippen molar-refractivity contribution < 1.29 is 21.3 Å². The highest BCUT2D eigenvalue weighted by Crippen LogP contribution is 2.29. The first kappa shape index (κ1) is 23.2. The fourth-order valence-electron chi connectivity index (χ4n) is 4.09. The highest BCUT2D eigenvalue weighted by molar-refractivity contribution is 7.91. The van der Waals surface area contributed by atoms with E-state index >= 15 is 0 Å². The minimum absolute atomic E-state index is 0.159. The van der Waals surface area contributed by atoms with Crippen molar-refractivity contribution in [3.05, 3.63) is 71.5 Å². The van der Waals surface area contributed by atoms with Gasteiger partial charge < -0.3 is 4.42 Å². The van der Waals surface area contributed by atoms with E-state index in [0.717, 1.165) is 5.56 Å². The average molecular weight is 495 g/mol. The van der Waals surface area contributed by atoms with Crippen LogP contribution in [0.25, 0.3) is 0 Å². The van der Waals surface area contributed by atoms with E-state index in [1.54, 1.807) is 52.3 Å². The van der Waals surface area contributed by atoms with Crippen LogP contribution < -0.4 is 0 Å². The van der Waals surface area contributed by atoms with Crippen LogP contribution in [0.15, 0.2) is 73.7 Å². The molecule has 1 saturated heterocycles. The number of likely N-dealkylation sites (tertiary alicyclic amines) is 1. The SMILES string of the molecule is CS(=O)(=O)c1ccccc1CN1CCC(N(Cc2ccco2)S(=O)(=O)c2cccs2)CC1. The first-order chi connectivity index (χ1) is 15.2. The predicted molar refractivity (Wildman–Crippen MR) is 124 cm³/mol. The molecule has 0 atom stereocenters. The second-order valence-corrected chi connectivity index (χ2v) is 13.0. The fraction of sp³-hybridized carbons (Fsp3) is 0.364. The van der Waals surface area contributed by atoms with Crippen LogP contribution >= 0.6 is 11.3 Å². The predicted octanol–water partition coefficient (Wildman–Crippen LogP) is 3.60. The Labute approximate surface area is 193 Å². The lowest BCUT2D eigenvalue weighted by Gasteiger charge is -2.37. The Morgan fingerprint density at radius 2 is 1.78 bits per heavy atom. The van der Waals surface area contributed by atoms with Gasteiger partial charge in [0.1, 0.15) is 9.97 Å². The van der Waals surface area contributed by atoms with E-state index in [-0.39, 0.29) is 12.6 Å². The van der Waals surface area contributed by atoms with Gasteiger partial charge in [0.25, 0.3) is 10.0 Å². The Bertz CT molecular complexity index is 1230. The third-order valence-electron chi connectivity index (χ3n) is 5.68. The molecule has 172 valence electrons. The molecule has 1 aliphatic heterocycles. The second kappa shape index (κ2) is 9.48. The van der Waals surface area contributed by atoms with Gasteiger partial charge in [0.05, 0.1) is 17.7 Å². The van der Waals surface area contributed by atoms with Crippen molar-refractivity contribution in [3.63, 3.8) is 0 Å². The molecule has 3 aromatic rings. The van der Waals surface area contributed by atoms with Gasteiger partial charge in [-0.1, -0.05) is 24.3 Å². The smallest absolute Gasteiger partial charge is 0.253 e. The fourth-order valence-corrected chi connectivity index (χ4v) is 7.80. The number of hydrogen-bond donors (Lipinski definition) is 0. The molecule has 7 nitrogen and oxygen atoms in total. The van der Waals surface area contributed by atoms with Gasteiger partial charge in [-0.2, -0.15) is 4.31 Å². The maximum atomic E-state index is 13.4. The molecule has 0 N–H and O–H groups in total. The maximum absolute atomic E-state index is 13.4. The molecule has 0 saturated carbocycles. The largest absolute Gasteiger partial charge is 0.468 e. The summed E-state index contributed by atoms with van der Waals surface area (Å²) in [5.74, 6) is 0.606. The van der Waals surface area contributed by atoms with Crippen LogP contribution in [0.1, 0.15) is 24.2 Å². The molecule has 32 heavy (non-hydrogen) atoms. The van der Waals surface area contributed by atoms with Crippen LogP contribution in [0.4, 0.5) is 0 Å². The van der Waals surface area contributed by atoms with Crippen molar-refractivity contribution in [3.8, 4) is 0 Å². The van der Waals surface area contributed by atoms with Gasteiger partial charge in [-0.15, -0.1) is 11.3 Å². The van der Waals surface area contributed by atoms with Crippen LogP contribution in [-0.4, -0.2) is 51.4 Å². The molecule has 1 fully saturated rings. The summed E-state index contributed by atoms with van der Waals surface area (Å²) in [4.78, 5) is 2.53. The summed E-state index contributed by atoms with van der Waals surface area (Å²) >= 11 is 1.21. The lowest BCUT2D eigenvalue weighted by atomic mass is 10.0. The van der Waals surface area contributed by atoms with Gasteiger partial charge in [0.15, 0.2) is 9.84 Å². The number of thiophene rings is 1. The Morgan fingerprint density at radius 1 is 1.03 bits per heavy atom. The Morgan fingerprint density at radius 3 is 2.41 bits per heavy atom. The molecular formula is C22H26N2O5S3. The van der Waals surface area contributed by atoms with E-state index in [4.69, 9.17) is 4.42 Å². The molecular weight excluding hydrogens is 468 g/mol. The molecule has 3 heterocycles. The van der Waals surface area contributed by atoms with E-state index < -0.39 is 19.9 Å². The summed E-state index contributed by atoms with van der Waals surface area (Å²) in [7, 11) is -6.95. The Kier molecular flexibility index (Phi) is 6.87. The van der Waals surface area contributed by atoms with E-state index in [1.165, 1.54) is 17.6 Å². The van der Waals surface area contributed by atoms with E-state index in [9.17, 15) is 16.8 Å². The average Bonchev–Trinajstić information content (AvgIpc) is 3.47. The summed E-state index contributed by atoms with van der Waals surface area (Å²) in [6.45, 7) is 2.06. The number of hydrogen-bond acceptors (Lipinski definition) is 7. The lowest BCUT2D eigenvalue weighted by molar-refractivity contribution is 0.146. The topological polar surface area (TPSA) is 87.9 Å². The van der Waals surface area contributed by atoms with Gasteiger partial charge >= 0.3 is 0 Å². The highest BCUT2D eigenvalue weighted by atomic mass is 32.2. The van der Waals surface area contributed by atoms with E-state index in [1.807, 2.05) is 12.1 Å². The van der Waals surface area contributed by atoms with Crippen LogP contribution in [0.5, 0.6) is 0 Å². The van der Waals surface area contributed by atoms with Crippen LogP contribution in [0.3, 0.4) is 0 Å². The first-order valence-corrected chi connectivity index (χ1v) is 14.5. The van der Waals surface area contributed by atoms with E-state index in [2.05, 4.69) is 4.90 Å². The standard InChI is InChI=1S/C22H26N2O5S3/c1-31(25,26)21-8-3-2-6-18(21)16-23-12-10-19(11-13-23)24(17-20-7-4-14-29-20)32(27,28)22-9-5-15-30-22/h2-9,14-15,19H,10-13,16-17H2,1H3. The highest BCUT2D eigenvalue weighted by Gasteiger charge is 2.35. The number of furan rings is 1. The number of sulfonamides is 1. The van der Waals surface area contributed by atoms with Crippen molar-refractivity contribution in [1.82, 2.24) is 9.21 Å². The first-order valence-electron chi connectivity index (χ1n) is 10.3. The number of rotatable bonds is 8. The van der Waals surface area contributed by atoms with Crippen LogP contribution in [-0.2, 0) is 33.0 Å². The second-order valence-electron chi connectivity index (χ2n) is 7.95. The van der Waals surface area contributed by atoms with Gasteiger partial charge in [0.2, 0.25) is 0 Å². The zero-order valence-electron chi connectivity index (χ0n) is 17.8. The van der Waals surface area contributed by atoms with Crippen LogP contribution in [0, 0.1) is 0 Å². The normalized spacial score (nSPS) is 16.6.